The third-order valence-corrected chi connectivity index (χ3v) is 5.51. The number of allylic oxidation sites excluding steroid dienone is 1. The molecule has 4 rings (SSSR count). The maximum atomic E-state index is 12.0. The van der Waals surface area contributed by atoms with Crippen molar-refractivity contribution in [1.82, 2.24) is 4.90 Å². The van der Waals surface area contributed by atoms with Crippen molar-refractivity contribution in [1.29, 1.82) is 0 Å². The number of aliphatic carboxylic acids is 1. The summed E-state index contributed by atoms with van der Waals surface area (Å²) in [5.74, 6) is -1.20. The number of pyridine rings is 1. The van der Waals surface area contributed by atoms with Gasteiger partial charge in [-0.2, -0.15) is 4.57 Å². The quantitative estimate of drug-likeness (QED) is 0.681. The summed E-state index contributed by atoms with van der Waals surface area (Å²) in [6, 6.07) is 9.95. The van der Waals surface area contributed by atoms with Gasteiger partial charge in [-0.05, 0) is 30.1 Å². The molecule has 1 atom stereocenters. The van der Waals surface area contributed by atoms with Crippen LogP contribution in [0.2, 0.25) is 0 Å². The molecule has 2 aromatic rings. The number of hydrogen-bond donors (Lipinski definition) is 1. The van der Waals surface area contributed by atoms with E-state index in [2.05, 4.69) is 0 Å². The van der Waals surface area contributed by atoms with Crippen LogP contribution in [0.15, 0.2) is 53.3 Å². The van der Waals surface area contributed by atoms with E-state index in [-0.39, 0.29) is 11.6 Å². The SMILES string of the molecule is CC1=C(C(=O)O)N2C(=O)C[C@@]2([n+]2ccc3ccccc3c2)S1. The summed E-state index contributed by atoms with van der Waals surface area (Å²) in [5.41, 5.74) is 0.0990. The summed E-state index contributed by atoms with van der Waals surface area (Å²) in [6.07, 6.45) is 4.18. The van der Waals surface area contributed by atoms with Crippen LogP contribution in [0.5, 0.6) is 0 Å². The largest absolute Gasteiger partial charge is 0.477 e. The second-order valence-electron chi connectivity index (χ2n) is 5.44. The number of thioether (sulfide) groups is 1. The van der Waals surface area contributed by atoms with Crippen molar-refractivity contribution in [3.05, 3.63) is 53.3 Å². The first-order valence-electron chi connectivity index (χ1n) is 6.90. The van der Waals surface area contributed by atoms with Gasteiger partial charge in [0.1, 0.15) is 12.1 Å². The van der Waals surface area contributed by atoms with Gasteiger partial charge in [-0.1, -0.05) is 18.2 Å². The molecular weight excluding hydrogens is 300 g/mol. The molecule has 5 nitrogen and oxygen atoms in total. The first-order valence-corrected chi connectivity index (χ1v) is 7.71. The highest BCUT2D eigenvalue weighted by molar-refractivity contribution is 8.03. The number of fused-ring (bicyclic) bond motifs is 2. The molecule has 6 heteroatoms. The van der Waals surface area contributed by atoms with Crippen LogP contribution in [-0.4, -0.2) is 21.9 Å². The first-order chi connectivity index (χ1) is 10.5. The number of amides is 1. The fourth-order valence-corrected chi connectivity index (χ4v) is 4.61. The number of carboxylic acid groups (broad SMARTS) is 1. The average Bonchev–Trinajstić information content (AvgIpc) is 2.75. The molecular formula is C16H13N2O3S+. The van der Waals surface area contributed by atoms with Gasteiger partial charge in [0, 0.05) is 16.4 Å². The second kappa shape index (κ2) is 4.33. The zero-order valence-corrected chi connectivity index (χ0v) is 12.6. The van der Waals surface area contributed by atoms with E-state index in [1.807, 2.05) is 47.3 Å². The standard InChI is InChI=1S/C16H12N2O3S/c1-10-14(15(20)21)18-13(19)8-16(18,22-10)17-7-6-11-4-2-3-5-12(11)9-17/h2-7,9H,8H2,1H3/p+1/t16-/m0/s1. The molecule has 2 aliphatic rings. The Hall–Kier alpha value is -2.34. The van der Waals surface area contributed by atoms with Crippen molar-refractivity contribution in [2.75, 3.05) is 0 Å². The summed E-state index contributed by atoms with van der Waals surface area (Å²) in [4.78, 5) is 24.9. The highest BCUT2D eigenvalue weighted by atomic mass is 32.2. The molecule has 3 heterocycles. The number of benzene rings is 1. The topological polar surface area (TPSA) is 61.5 Å². The molecule has 1 saturated heterocycles. The van der Waals surface area contributed by atoms with Crippen LogP contribution in [0.4, 0.5) is 0 Å². The normalized spacial score (nSPS) is 23.7. The number of carbonyl (C=O) groups excluding carboxylic acids is 1. The van der Waals surface area contributed by atoms with Gasteiger partial charge in [0.05, 0.1) is 0 Å². The van der Waals surface area contributed by atoms with Crippen LogP contribution in [-0.2, 0) is 14.6 Å². The van der Waals surface area contributed by atoms with Gasteiger partial charge in [-0.25, -0.2) is 9.69 Å². The van der Waals surface area contributed by atoms with Crippen LogP contribution in [0.25, 0.3) is 10.8 Å². The number of rotatable bonds is 2. The molecule has 0 radical (unpaired) electrons. The minimum atomic E-state index is -1.05. The van der Waals surface area contributed by atoms with E-state index in [1.165, 1.54) is 16.7 Å². The molecule has 0 saturated carbocycles. The molecule has 0 aliphatic carbocycles. The van der Waals surface area contributed by atoms with E-state index in [0.29, 0.717) is 11.3 Å². The van der Waals surface area contributed by atoms with E-state index in [9.17, 15) is 14.7 Å². The lowest BCUT2D eigenvalue weighted by Gasteiger charge is -2.40. The van der Waals surface area contributed by atoms with E-state index < -0.39 is 11.0 Å². The van der Waals surface area contributed by atoms with Crippen LogP contribution < -0.4 is 4.57 Å². The average molecular weight is 313 g/mol. The minimum Gasteiger partial charge on any atom is -0.477 e. The highest BCUT2D eigenvalue weighted by Gasteiger charge is 2.67. The number of carboxylic acids is 1. The van der Waals surface area contributed by atoms with Gasteiger partial charge in [0.15, 0.2) is 12.4 Å². The molecule has 0 spiro atoms. The molecule has 0 unspecified atom stereocenters. The summed E-state index contributed by atoms with van der Waals surface area (Å²) < 4.78 is 1.95. The molecule has 1 amide bonds. The van der Waals surface area contributed by atoms with Crippen molar-refractivity contribution in [2.24, 2.45) is 0 Å². The molecule has 22 heavy (non-hydrogen) atoms. The van der Waals surface area contributed by atoms with Gasteiger partial charge in [-0.15, -0.1) is 0 Å². The van der Waals surface area contributed by atoms with Crippen LogP contribution in [0.1, 0.15) is 13.3 Å². The highest BCUT2D eigenvalue weighted by Crippen LogP contribution is 2.54. The van der Waals surface area contributed by atoms with Crippen molar-refractivity contribution >= 4 is 34.4 Å². The van der Waals surface area contributed by atoms with Crippen molar-refractivity contribution in [3.8, 4) is 0 Å². The smallest absolute Gasteiger partial charge is 0.353 e. The third-order valence-electron chi connectivity index (χ3n) is 4.15. The Kier molecular flexibility index (Phi) is 2.62. The van der Waals surface area contributed by atoms with Gasteiger partial charge in [0.25, 0.3) is 0 Å². The lowest BCUT2D eigenvalue weighted by Crippen LogP contribution is -2.71. The maximum absolute atomic E-state index is 12.0. The molecule has 1 aromatic carbocycles. The number of β-lactam (4-membered cyclic amide) rings is 1. The zero-order chi connectivity index (χ0) is 15.5. The molecule has 1 N–H and O–H groups in total. The lowest BCUT2D eigenvalue weighted by molar-refractivity contribution is -0.760. The summed E-state index contributed by atoms with van der Waals surface area (Å²) in [7, 11) is 0. The van der Waals surface area contributed by atoms with Gasteiger partial charge < -0.3 is 5.11 Å². The first kappa shape index (κ1) is 13.3. The van der Waals surface area contributed by atoms with E-state index in [1.54, 1.807) is 6.92 Å². The van der Waals surface area contributed by atoms with E-state index in [4.69, 9.17) is 0 Å². The van der Waals surface area contributed by atoms with Gasteiger partial charge in [0.2, 0.25) is 5.91 Å². The maximum Gasteiger partial charge on any atom is 0.353 e. The number of carbonyl (C=O) groups is 2. The Balaban J connectivity index is 1.85. The zero-order valence-electron chi connectivity index (χ0n) is 11.8. The van der Waals surface area contributed by atoms with Crippen molar-refractivity contribution < 1.29 is 19.3 Å². The fourth-order valence-electron chi connectivity index (χ4n) is 3.15. The molecule has 1 fully saturated rings. The van der Waals surface area contributed by atoms with Crippen LogP contribution in [0, 0.1) is 0 Å². The molecule has 1 aromatic heterocycles. The Morgan fingerprint density at radius 3 is 2.73 bits per heavy atom. The van der Waals surface area contributed by atoms with Crippen LogP contribution in [0.3, 0.4) is 0 Å². The van der Waals surface area contributed by atoms with Crippen LogP contribution >= 0.6 is 11.8 Å². The number of aromatic nitrogens is 1. The lowest BCUT2D eigenvalue weighted by atomic mass is 10.1. The third kappa shape index (κ3) is 1.58. The number of hydrogen-bond acceptors (Lipinski definition) is 3. The predicted molar refractivity (Wildman–Crippen MR) is 81.5 cm³/mol. The summed E-state index contributed by atoms with van der Waals surface area (Å²) in [6.45, 7) is 1.75. The Morgan fingerprint density at radius 1 is 1.32 bits per heavy atom. The minimum absolute atomic E-state index is 0.0990. The molecule has 0 bridgehead atoms. The fraction of sp³-hybridized carbons (Fsp3) is 0.188. The summed E-state index contributed by atoms with van der Waals surface area (Å²) in [5, 5.41) is 11.5. The van der Waals surface area contributed by atoms with Crippen molar-refractivity contribution in [2.45, 2.75) is 18.3 Å². The number of nitrogens with zero attached hydrogens (tertiary/aromatic N) is 2. The van der Waals surface area contributed by atoms with Crippen molar-refractivity contribution in [3.63, 3.8) is 0 Å². The Labute approximate surface area is 130 Å². The van der Waals surface area contributed by atoms with Gasteiger partial charge in [-0.3, -0.25) is 4.79 Å². The Bertz CT molecular complexity index is 877. The Morgan fingerprint density at radius 2 is 2.05 bits per heavy atom. The molecule has 2 aliphatic heterocycles. The monoisotopic (exact) mass is 313 g/mol. The molecule has 110 valence electrons. The summed E-state index contributed by atoms with van der Waals surface area (Å²) >= 11 is 1.43. The second-order valence-corrected chi connectivity index (χ2v) is 6.91. The predicted octanol–water partition coefficient (Wildman–Crippen LogP) is 2.03. The van der Waals surface area contributed by atoms with Gasteiger partial charge >= 0.3 is 11.0 Å². The van der Waals surface area contributed by atoms with E-state index in [0.717, 1.165) is 10.8 Å². The van der Waals surface area contributed by atoms with E-state index >= 15 is 0 Å².